The maximum absolute atomic E-state index is 12.2. The van der Waals surface area contributed by atoms with Crippen LogP contribution in [0.25, 0.3) is 0 Å². The second-order valence-corrected chi connectivity index (χ2v) is 6.66. The Kier molecular flexibility index (Phi) is 4.44. The number of aliphatic carboxylic acids is 1. The number of rotatable bonds is 5. The van der Waals surface area contributed by atoms with Gasteiger partial charge in [-0.15, -0.1) is 0 Å². The first-order valence-electron chi connectivity index (χ1n) is 6.71. The third kappa shape index (κ3) is 3.18. The second-order valence-electron chi connectivity index (χ2n) is 5.00. The average molecular weight is 301 g/mol. The predicted octanol–water partition coefficient (Wildman–Crippen LogP) is 0.825. The summed E-state index contributed by atoms with van der Waals surface area (Å²) in [7, 11) is -3.76. The molecule has 0 saturated heterocycles. The number of aryl methyl sites for hydroxylation is 1. The topological polar surface area (TPSA) is 101 Å². The van der Waals surface area contributed by atoms with Crippen molar-refractivity contribution in [2.75, 3.05) is 0 Å². The molecule has 0 aromatic carbocycles. The molecule has 2 N–H and O–H groups in total. The SMILES string of the molecule is CCn1cnc(S(=O)(=O)NC2CCCCC2C(=O)O)c1. The zero-order chi connectivity index (χ0) is 14.8. The summed E-state index contributed by atoms with van der Waals surface area (Å²) in [4.78, 5) is 15.0. The van der Waals surface area contributed by atoms with Crippen LogP contribution in [-0.2, 0) is 21.4 Å². The molecular weight excluding hydrogens is 282 g/mol. The highest BCUT2D eigenvalue weighted by Crippen LogP contribution is 2.26. The molecule has 0 spiro atoms. The van der Waals surface area contributed by atoms with Crippen molar-refractivity contribution in [3.8, 4) is 0 Å². The monoisotopic (exact) mass is 301 g/mol. The third-order valence-electron chi connectivity index (χ3n) is 3.64. The maximum atomic E-state index is 12.2. The van der Waals surface area contributed by atoms with Gasteiger partial charge >= 0.3 is 5.97 Å². The van der Waals surface area contributed by atoms with Gasteiger partial charge in [-0.25, -0.2) is 18.1 Å². The molecule has 0 radical (unpaired) electrons. The fourth-order valence-electron chi connectivity index (χ4n) is 2.48. The molecule has 1 aromatic rings. The third-order valence-corrected chi connectivity index (χ3v) is 5.01. The zero-order valence-electron chi connectivity index (χ0n) is 11.3. The van der Waals surface area contributed by atoms with Crippen molar-refractivity contribution >= 4 is 16.0 Å². The van der Waals surface area contributed by atoms with Gasteiger partial charge in [-0.1, -0.05) is 12.8 Å². The normalized spacial score (nSPS) is 23.6. The molecule has 1 aliphatic rings. The second kappa shape index (κ2) is 5.92. The summed E-state index contributed by atoms with van der Waals surface area (Å²) < 4.78 is 28.6. The Morgan fingerprint density at radius 2 is 2.20 bits per heavy atom. The van der Waals surface area contributed by atoms with E-state index in [2.05, 4.69) is 9.71 Å². The van der Waals surface area contributed by atoms with Gasteiger partial charge in [0.1, 0.15) is 0 Å². The smallest absolute Gasteiger partial charge is 0.308 e. The highest BCUT2D eigenvalue weighted by molar-refractivity contribution is 7.89. The molecule has 8 heteroatoms. The van der Waals surface area contributed by atoms with Crippen molar-refractivity contribution < 1.29 is 18.3 Å². The molecule has 112 valence electrons. The van der Waals surface area contributed by atoms with Crippen molar-refractivity contribution in [2.45, 2.75) is 50.2 Å². The molecule has 2 atom stereocenters. The average Bonchev–Trinajstić information content (AvgIpc) is 2.88. The van der Waals surface area contributed by atoms with Crippen LogP contribution in [0.2, 0.25) is 0 Å². The number of hydrogen-bond donors (Lipinski definition) is 2. The van der Waals surface area contributed by atoms with Crippen molar-refractivity contribution in [3.63, 3.8) is 0 Å². The van der Waals surface area contributed by atoms with E-state index in [1.165, 1.54) is 12.5 Å². The lowest BCUT2D eigenvalue weighted by Crippen LogP contribution is -2.45. The molecule has 1 aromatic heterocycles. The van der Waals surface area contributed by atoms with Crippen LogP contribution >= 0.6 is 0 Å². The minimum Gasteiger partial charge on any atom is -0.481 e. The molecule has 20 heavy (non-hydrogen) atoms. The number of carbonyl (C=O) groups is 1. The van der Waals surface area contributed by atoms with Crippen molar-refractivity contribution in [1.82, 2.24) is 14.3 Å². The van der Waals surface area contributed by atoms with Gasteiger partial charge < -0.3 is 9.67 Å². The number of nitrogens with one attached hydrogen (secondary N) is 1. The molecule has 7 nitrogen and oxygen atoms in total. The van der Waals surface area contributed by atoms with Gasteiger partial charge in [-0.2, -0.15) is 0 Å². The first kappa shape index (κ1) is 15.0. The fraction of sp³-hybridized carbons (Fsp3) is 0.667. The number of aromatic nitrogens is 2. The summed E-state index contributed by atoms with van der Waals surface area (Å²) in [5.74, 6) is -1.61. The predicted molar refractivity (Wildman–Crippen MR) is 71.6 cm³/mol. The summed E-state index contributed by atoms with van der Waals surface area (Å²) >= 11 is 0. The number of carboxylic acid groups (broad SMARTS) is 1. The van der Waals surface area contributed by atoms with Gasteiger partial charge in [0.25, 0.3) is 10.0 Å². The lowest BCUT2D eigenvalue weighted by atomic mass is 9.85. The number of sulfonamides is 1. The molecule has 0 aliphatic heterocycles. The van der Waals surface area contributed by atoms with Crippen LogP contribution in [0.15, 0.2) is 17.6 Å². The standard InChI is InChI=1S/C12H19N3O4S/c1-2-15-7-11(13-8-15)20(18,19)14-10-6-4-3-5-9(10)12(16)17/h7-10,14H,2-6H2,1H3,(H,16,17). The summed E-state index contributed by atoms with van der Waals surface area (Å²) in [6.07, 6.45) is 5.60. The lowest BCUT2D eigenvalue weighted by molar-refractivity contribution is -0.143. The van der Waals surface area contributed by atoms with Gasteiger partial charge in [-0.3, -0.25) is 4.79 Å². The van der Waals surface area contributed by atoms with Crippen LogP contribution in [0.1, 0.15) is 32.6 Å². The summed E-state index contributed by atoms with van der Waals surface area (Å²) in [6, 6.07) is -0.557. The van der Waals surface area contributed by atoms with Crippen LogP contribution in [0.3, 0.4) is 0 Å². The van der Waals surface area contributed by atoms with E-state index in [1.807, 2.05) is 6.92 Å². The Balaban J connectivity index is 2.16. The van der Waals surface area contributed by atoms with Crippen LogP contribution in [0, 0.1) is 5.92 Å². The van der Waals surface area contributed by atoms with Crippen molar-refractivity contribution in [1.29, 1.82) is 0 Å². The van der Waals surface area contributed by atoms with Gasteiger partial charge in [0.2, 0.25) is 0 Å². The molecule has 0 bridgehead atoms. The number of imidazole rings is 1. The van der Waals surface area contributed by atoms with Crippen LogP contribution in [0.4, 0.5) is 0 Å². The Hall–Kier alpha value is -1.41. The van der Waals surface area contributed by atoms with Gasteiger partial charge in [0, 0.05) is 18.8 Å². The molecule has 1 heterocycles. The number of carboxylic acids is 1. The van der Waals surface area contributed by atoms with E-state index in [4.69, 9.17) is 5.11 Å². The van der Waals surface area contributed by atoms with E-state index < -0.39 is 28.0 Å². The minimum atomic E-state index is -3.76. The Morgan fingerprint density at radius 3 is 2.80 bits per heavy atom. The molecule has 2 unspecified atom stereocenters. The van der Waals surface area contributed by atoms with Gasteiger partial charge in [0.15, 0.2) is 5.03 Å². The quantitative estimate of drug-likeness (QED) is 0.838. The minimum absolute atomic E-state index is 0.0611. The molecule has 1 aliphatic carbocycles. The molecule has 1 saturated carbocycles. The highest BCUT2D eigenvalue weighted by atomic mass is 32.2. The van der Waals surface area contributed by atoms with Crippen LogP contribution < -0.4 is 4.72 Å². The number of nitrogens with zero attached hydrogens (tertiary/aromatic N) is 2. The molecule has 2 rings (SSSR count). The van der Waals surface area contributed by atoms with E-state index in [0.717, 1.165) is 12.8 Å². The molecule has 0 amide bonds. The summed E-state index contributed by atoms with van der Waals surface area (Å²) in [5, 5.41) is 9.10. The summed E-state index contributed by atoms with van der Waals surface area (Å²) in [5.41, 5.74) is 0. The zero-order valence-corrected chi connectivity index (χ0v) is 12.1. The maximum Gasteiger partial charge on any atom is 0.308 e. The first-order chi connectivity index (χ1) is 9.44. The van der Waals surface area contributed by atoms with Gasteiger partial charge in [-0.05, 0) is 19.8 Å². The van der Waals surface area contributed by atoms with E-state index in [1.54, 1.807) is 4.57 Å². The first-order valence-corrected chi connectivity index (χ1v) is 8.19. The van der Waals surface area contributed by atoms with Gasteiger partial charge in [0.05, 0.1) is 12.2 Å². The Labute approximate surface area is 118 Å². The summed E-state index contributed by atoms with van der Waals surface area (Å²) in [6.45, 7) is 2.51. The number of hydrogen-bond acceptors (Lipinski definition) is 4. The van der Waals surface area contributed by atoms with E-state index in [9.17, 15) is 13.2 Å². The largest absolute Gasteiger partial charge is 0.481 e. The Bertz CT molecular complexity index is 581. The van der Waals surface area contributed by atoms with Crippen molar-refractivity contribution in [3.05, 3.63) is 12.5 Å². The highest BCUT2D eigenvalue weighted by Gasteiger charge is 2.34. The lowest BCUT2D eigenvalue weighted by Gasteiger charge is -2.28. The van der Waals surface area contributed by atoms with E-state index >= 15 is 0 Å². The Morgan fingerprint density at radius 1 is 1.50 bits per heavy atom. The van der Waals surface area contributed by atoms with Crippen LogP contribution in [-0.4, -0.2) is 35.1 Å². The molecular formula is C12H19N3O4S. The fourth-order valence-corrected chi connectivity index (χ4v) is 3.74. The van der Waals surface area contributed by atoms with Crippen LogP contribution in [0.5, 0.6) is 0 Å². The molecule has 1 fully saturated rings. The van der Waals surface area contributed by atoms with E-state index in [0.29, 0.717) is 19.4 Å². The van der Waals surface area contributed by atoms with Crippen molar-refractivity contribution in [2.24, 2.45) is 5.92 Å². The van der Waals surface area contributed by atoms with E-state index in [-0.39, 0.29) is 5.03 Å².